The number of aromatic nitrogens is 1. The second-order valence-electron chi connectivity index (χ2n) is 7.94. The Morgan fingerprint density at radius 3 is 2.32 bits per heavy atom. The number of urea groups is 1. The van der Waals surface area contributed by atoms with Crippen LogP contribution in [0.1, 0.15) is 16.7 Å². The van der Waals surface area contributed by atoms with Gasteiger partial charge in [0.1, 0.15) is 0 Å². The molecule has 2 aromatic carbocycles. The van der Waals surface area contributed by atoms with Crippen LogP contribution in [-0.4, -0.2) is 46.6 Å². The molecule has 4 rings (SSSR count). The topological polar surface area (TPSA) is 40.5 Å². The van der Waals surface area contributed by atoms with E-state index in [0.717, 1.165) is 34.2 Å². The summed E-state index contributed by atoms with van der Waals surface area (Å²) in [5, 5.41) is 4.12. The molecule has 2 amide bonds. The van der Waals surface area contributed by atoms with Crippen LogP contribution in [0.4, 0.5) is 18.0 Å². The maximum Gasteiger partial charge on any atom is 0.416 e. The van der Waals surface area contributed by atoms with Crippen LogP contribution in [0.15, 0.2) is 54.7 Å². The zero-order valence-corrected chi connectivity index (χ0v) is 17.3. The molecule has 5 nitrogen and oxygen atoms in total. The zero-order chi connectivity index (χ0) is 22.0. The van der Waals surface area contributed by atoms with E-state index < -0.39 is 11.7 Å². The van der Waals surface area contributed by atoms with Crippen molar-refractivity contribution in [2.45, 2.75) is 19.3 Å². The molecule has 2 heterocycles. The van der Waals surface area contributed by atoms with Gasteiger partial charge in [0.25, 0.3) is 0 Å². The summed E-state index contributed by atoms with van der Waals surface area (Å²) < 4.78 is 40.1. The summed E-state index contributed by atoms with van der Waals surface area (Å²) in [5.41, 5.74) is 2.40. The molecule has 31 heavy (non-hydrogen) atoms. The molecule has 164 valence electrons. The van der Waals surface area contributed by atoms with Crippen molar-refractivity contribution in [3.63, 3.8) is 0 Å². The standard InChI is InChI=1S/C23H25F3N4O/c1-28-9-8-19-14-18(4-7-21(19)28)15-27-22(31)30-12-10-29(11-13-30)16-17-2-5-20(6-3-17)23(24,25)26/h2-9,14H,10-13,15-16H2,1H3,(H,27,31). The van der Waals surface area contributed by atoms with Gasteiger partial charge in [-0.25, -0.2) is 4.79 Å². The minimum Gasteiger partial charge on any atom is -0.351 e. The smallest absolute Gasteiger partial charge is 0.351 e. The van der Waals surface area contributed by atoms with Gasteiger partial charge >= 0.3 is 12.2 Å². The predicted octanol–water partition coefficient (Wildman–Crippen LogP) is 4.22. The molecule has 0 radical (unpaired) electrons. The van der Waals surface area contributed by atoms with E-state index in [1.54, 1.807) is 4.90 Å². The Morgan fingerprint density at radius 2 is 1.65 bits per heavy atom. The summed E-state index contributed by atoms with van der Waals surface area (Å²) in [6, 6.07) is 13.4. The Balaban J connectivity index is 1.24. The predicted molar refractivity (Wildman–Crippen MR) is 113 cm³/mol. The maximum absolute atomic E-state index is 12.7. The number of carbonyl (C=O) groups excluding carboxylic acids is 1. The van der Waals surface area contributed by atoms with Gasteiger partial charge in [-0.15, -0.1) is 0 Å². The zero-order valence-electron chi connectivity index (χ0n) is 17.3. The van der Waals surface area contributed by atoms with E-state index in [9.17, 15) is 18.0 Å². The van der Waals surface area contributed by atoms with Crippen LogP contribution in [0, 0.1) is 0 Å². The SMILES string of the molecule is Cn1ccc2cc(CNC(=O)N3CCN(Cc4ccc(C(F)(F)F)cc4)CC3)ccc21. The highest BCUT2D eigenvalue weighted by Gasteiger charge is 2.30. The highest BCUT2D eigenvalue weighted by molar-refractivity contribution is 5.81. The van der Waals surface area contributed by atoms with Crippen molar-refractivity contribution in [1.29, 1.82) is 0 Å². The third-order valence-corrected chi connectivity index (χ3v) is 5.74. The molecule has 8 heteroatoms. The van der Waals surface area contributed by atoms with E-state index in [0.29, 0.717) is 39.3 Å². The van der Waals surface area contributed by atoms with Gasteiger partial charge in [0.2, 0.25) is 0 Å². The van der Waals surface area contributed by atoms with Crippen LogP contribution in [-0.2, 0) is 26.3 Å². The largest absolute Gasteiger partial charge is 0.416 e. The molecule has 1 aliphatic rings. The van der Waals surface area contributed by atoms with E-state index >= 15 is 0 Å². The molecule has 0 saturated carbocycles. The number of amides is 2. The van der Waals surface area contributed by atoms with Crippen LogP contribution in [0.25, 0.3) is 10.9 Å². The van der Waals surface area contributed by atoms with Gasteiger partial charge in [-0.2, -0.15) is 13.2 Å². The lowest BCUT2D eigenvalue weighted by Crippen LogP contribution is -2.51. The minimum absolute atomic E-state index is 0.0951. The van der Waals surface area contributed by atoms with Crippen LogP contribution in [0.3, 0.4) is 0 Å². The second kappa shape index (κ2) is 8.63. The first-order chi connectivity index (χ1) is 14.8. The number of halogens is 3. The summed E-state index contributed by atoms with van der Waals surface area (Å²) in [7, 11) is 2.00. The Morgan fingerprint density at radius 1 is 0.968 bits per heavy atom. The van der Waals surface area contributed by atoms with Crippen LogP contribution in [0.2, 0.25) is 0 Å². The lowest BCUT2D eigenvalue weighted by Gasteiger charge is -2.34. The number of carbonyl (C=O) groups is 1. The third kappa shape index (κ3) is 5.02. The number of alkyl halides is 3. The summed E-state index contributed by atoms with van der Waals surface area (Å²) in [4.78, 5) is 16.5. The fourth-order valence-electron chi connectivity index (χ4n) is 3.90. The number of hydrogen-bond acceptors (Lipinski definition) is 2. The van der Waals surface area contributed by atoms with Gasteiger partial charge < -0.3 is 14.8 Å². The molecule has 1 saturated heterocycles. The first-order valence-electron chi connectivity index (χ1n) is 10.2. The first kappa shape index (κ1) is 21.2. The molecule has 1 fully saturated rings. The highest BCUT2D eigenvalue weighted by Crippen LogP contribution is 2.29. The van der Waals surface area contributed by atoms with Gasteiger partial charge in [-0.1, -0.05) is 18.2 Å². The monoisotopic (exact) mass is 430 g/mol. The normalized spacial score (nSPS) is 15.4. The summed E-state index contributed by atoms with van der Waals surface area (Å²) in [6.45, 7) is 3.59. The van der Waals surface area contributed by atoms with Crippen molar-refractivity contribution < 1.29 is 18.0 Å². The summed E-state index contributed by atoms with van der Waals surface area (Å²) in [6.07, 6.45) is -2.30. The van der Waals surface area contributed by atoms with Crippen LogP contribution in [0.5, 0.6) is 0 Å². The van der Waals surface area contributed by atoms with E-state index in [4.69, 9.17) is 0 Å². The molecule has 1 N–H and O–H groups in total. The molecule has 0 spiro atoms. The molecular formula is C23H25F3N4O. The quantitative estimate of drug-likeness (QED) is 0.673. The van der Waals surface area contributed by atoms with E-state index in [1.807, 2.05) is 19.3 Å². The fourth-order valence-corrected chi connectivity index (χ4v) is 3.90. The maximum atomic E-state index is 12.7. The van der Waals surface area contributed by atoms with E-state index in [2.05, 4.69) is 33.0 Å². The number of hydrogen-bond donors (Lipinski definition) is 1. The van der Waals surface area contributed by atoms with Gasteiger partial charge in [0, 0.05) is 58.0 Å². The Kier molecular flexibility index (Phi) is 5.91. The molecule has 3 aromatic rings. The summed E-state index contributed by atoms with van der Waals surface area (Å²) >= 11 is 0. The second-order valence-corrected chi connectivity index (χ2v) is 7.94. The van der Waals surface area contributed by atoms with Crippen molar-refractivity contribution in [2.75, 3.05) is 26.2 Å². The average molecular weight is 430 g/mol. The van der Waals surface area contributed by atoms with Crippen LogP contribution < -0.4 is 5.32 Å². The summed E-state index contributed by atoms with van der Waals surface area (Å²) in [5.74, 6) is 0. The third-order valence-electron chi connectivity index (χ3n) is 5.74. The number of rotatable bonds is 4. The van der Waals surface area contributed by atoms with Crippen molar-refractivity contribution in [3.05, 3.63) is 71.4 Å². The van der Waals surface area contributed by atoms with E-state index in [-0.39, 0.29) is 6.03 Å². The Labute approximate surface area is 179 Å². The highest BCUT2D eigenvalue weighted by atomic mass is 19.4. The number of aryl methyl sites for hydroxylation is 1. The number of nitrogens with zero attached hydrogens (tertiary/aromatic N) is 3. The van der Waals surface area contributed by atoms with Crippen molar-refractivity contribution in [1.82, 2.24) is 19.7 Å². The molecule has 0 unspecified atom stereocenters. The number of fused-ring (bicyclic) bond motifs is 1. The molecular weight excluding hydrogens is 405 g/mol. The lowest BCUT2D eigenvalue weighted by molar-refractivity contribution is -0.137. The Bertz CT molecular complexity index is 1050. The van der Waals surface area contributed by atoms with Gasteiger partial charge in [-0.05, 0) is 46.8 Å². The van der Waals surface area contributed by atoms with Crippen molar-refractivity contribution in [2.24, 2.45) is 7.05 Å². The molecule has 0 atom stereocenters. The fraction of sp³-hybridized carbons (Fsp3) is 0.348. The van der Waals surface area contributed by atoms with Gasteiger partial charge in [0.15, 0.2) is 0 Å². The number of benzene rings is 2. The number of piperazine rings is 1. The van der Waals surface area contributed by atoms with Crippen LogP contribution >= 0.6 is 0 Å². The molecule has 0 aliphatic carbocycles. The number of nitrogens with one attached hydrogen (secondary N) is 1. The molecule has 1 aromatic heterocycles. The molecule has 1 aliphatic heterocycles. The van der Waals surface area contributed by atoms with Gasteiger partial charge in [0.05, 0.1) is 5.56 Å². The Hall–Kier alpha value is -3.00. The molecule has 0 bridgehead atoms. The minimum atomic E-state index is -4.32. The van der Waals surface area contributed by atoms with Crippen molar-refractivity contribution in [3.8, 4) is 0 Å². The van der Waals surface area contributed by atoms with E-state index in [1.165, 1.54) is 12.1 Å². The first-order valence-corrected chi connectivity index (χ1v) is 10.2. The van der Waals surface area contributed by atoms with Gasteiger partial charge in [-0.3, -0.25) is 4.90 Å². The lowest BCUT2D eigenvalue weighted by atomic mass is 10.1. The average Bonchev–Trinajstić information content (AvgIpc) is 3.12. The van der Waals surface area contributed by atoms with Crippen molar-refractivity contribution >= 4 is 16.9 Å².